The quantitative estimate of drug-likeness (QED) is 0.706. The van der Waals surface area contributed by atoms with Gasteiger partial charge in [0.05, 0.1) is 18.2 Å². The lowest BCUT2D eigenvalue weighted by Crippen LogP contribution is -2.10. The molecule has 7 heteroatoms. The average Bonchev–Trinajstić information content (AvgIpc) is 2.14. The molecule has 0 spiro atoms. The van der Waals surface area contributed by atoms with Crippen molar-refractivity contribution < 1.29 is 22.7 Å². The molecular weight excluding hydrogens is 357 g/mol. The Hall–Kier alpha value is -0.560. The molecule has 0 fully saturated rings. The molecule has 0 amide bonds. The van der Waals surface area contributed by atoms with Gasteiger partial charge in [-0.3, -0.25) is 0 Å². The number of methoxy groups -OCH3 is 1. The maximum absolute atomic E-state index is 12.5. The summed E-state index contributed by atoms with van der Waals surface area (Å²) >= 11 is 5.78. The van der Waals surface area contributed by atoms with Crippen LogP contribution in [0.3, 0.4) is 0 Å². The van der Waals surface area contributed by atoms with Gasteiger partial charge in [-0.2, -0.15) is 13.2 Å². The van der Waals surface area contributed by atoms with Crippen LogP contribution in [0.5, 0.6) is 0 Å². The van der Waals surface area contributed by atoms with Gasteiger partial charge < -0.3 is 4.74 Å². The lowest BCUT2D eigenvalue weighted by molar-refractivity contribution is -0.138. The molecule has 1 aromatic rings. The normalized spacial score (nSPS) is 11.4. The Kier molecular flexibility index (Phi) is 4.01. The van der Waals surface area contributed by atoms with Crippen LogP contribution < -0.4 is 0 Å². The van der Waals surface area contributed by atoms with E-state index in [2.05, 4.69) is 36.6 Å². The van der Waals surface area contributed by atoms with Crippen LogP contribution in [0.25, 0.3) is 0 Å². The number of hydrogen-bond acceptors (Lipinski definition) is 2. The average molecular weight is 362 g/mol. The molecule has 16 heavy (non-hydrogen) atoms. The van der Waals surface area contributed by atoms with E-state index >= 15 is 0 Å². The van der Waals surface area contributed by atoms with Gasteiger partial charge in [-0.25, -0.2) is 4.79 Å². The zero-order valence-corrected chi connectivity index (χ0v) is 11.0. The lowest BCUT2D eigenvalue weighted by atomic mass is 10.1. The molecule has 88 valence electrons. The highest BCUT2D eigenvalue weighted by Gasteiger charge is 2.34. The van der Waals surface area contributed by atoms with Gasteiger partial charge in [0.2, 0.25) is 0 Å². The Labute approximate surface area is 106 Å². The smallest absolute Gasteiger partial charge is 0.417 e. The monoisotopic (exact) mass is 360 g/mol. The highest BCUT2D eigenvalue weighted by Crippen LogP contribution is 2.37. The molecule has 0 unspecified atom stereocenters. The molecular formula is C9H5Br2F3O2. The van der Waals surface area contributed by atoms with Crippen LogP contribution >= 0.6 is 31.9 Å². The standard InChI is InChI=1S/C9H5Br2F3O2/c1-16-8(15)4-2-5(9(12,13)14)7(11)3-6(4)10/h2-3H,1H3. The van der Waals surface area contributed by atoms with E-state index in [9.17, 15) is 18.0 Å². The van der Waals surface area contributed by atoms with Crippen molar-refractivity contribution in [1.82, 2.24) is 0 Å². The fourth-order valence-corrected chi connectivity index (χ4v) is 2.41. The van der Waals surface area contributed by atoms with Gasteiger partial charge in [-0.15, -0.1) is 0 Å². The second kappa shape index (κ2) is 4.75. The number of carbonyl (C=O) groups excluding carboxylic acids is 1. The first-order chi connectivity index (χ1) is 7.27. The highest BCUT2D eigenvalue weighted by molar-refractivity contribution is 9.11. The topological polar surface area (TPSA) is 26.3 Å². The van der Waals surface area contributed by atoms with E-state index in [1.807, 2.05) is 0 Å². The van der Waals surface area contributed by atoms with Crippen molar-refractivity contribution >= 4 is 37.8 Å². The Morgan fingerprint density at radius 3 is 2.25 bits per heavy atom. The summed E-state index contributed by atoms with van der Waals surface area (Å²) in [6.45, 7) is 0. The maximum Gasteiger partial charge on any atom is 0.417 e. The van der Waals surface area contributed by atoms with Crippen molar-refractivity contribution in [3.05, 3.63) is 32.2 Å². The van der Waals surface area contributed by atoms with Crippen LogP contribution in [-0.4, -0.2) is 13.1 Å². The molecule has 1 aromatic carbocycles. The van der Waals surface area contributed by atoms with Crippen molar-refractivity contribution in [1.29, 1.82) is 0 Å². The summed E-state index contributed by atoms with van der Waals surface area (Å²) in [5, 5.41) is 0. The van der Waals surface area contributed by atoms with Crippen LogP contribution in [0, 0.1) is 0 Å². The molecule has 0 heterocycles. The van der Waals surface area contributed by atoms with Crippen molar-refractivity contribution in [2.45, 2.75) is 6.18 Å². The molecule has 0 bridgehead atoms. The largest absolute Gasteiger partial charge is 0.465 e. The molecule has 0 aliphatic carbocycles. The molecule has 0 saturated heterocycles. The van der Waals surface area contributed by atoms with Crippen LogP contribution in [0.1, 0.15) is 15.9 Å². The lowest BCUT2D eigenvalue weighted by Gasteiger charge is -2.11. The zero-order valence-electron chi connectivity index (χ0n) is 7.86. The molecule has 0 aliphatic heterocycles. The van der Waals surface area contributed by atoms with Crippen LogP contribution in [0.4, 0.5) is 13.2 Å². The molecule has 0 radical (unpaired) electrons. The Morgan fingerprint density at radius 2 is 1.81 bits per heavy atom. The number of hydrogen-bond donors (Lipinski definition) is 0. The summed E-state index contributed by atoms with van der Waals surface area (Å²) in [6.07, 6.45) is -4.53. The fourth-order valence-electron chi connectivity index (χ4n) is 1.03. The Balaban J connectivity index is 3.39. The number of benzene rings is 1. The number of alkyl halides is 3. The number of rotatable bonds is 1. The number of carbonyl (C=O) groups is 1. The van der Waals surface area contributed by atoms with E-state index in [1.165, 1.54) is 0 Å². The minimum Gasteiger partial charge on any atom is -0.465 e. The van der Waals surface area contributed by atoms with Crippen LogP contribution in [0.15, 0.2) is 21.1 Å². The minimum atomic E-state index is -4.53. The summed E-state index contributed by atoms with van der Waals surface area (Å²) in [7, 11) is 1.10. The van der Waals surface area contributed by atoms with E-state index in [4.69, 9.17) is 0 Å². The molecule has 0 N–H and O–H groups in total. The van der Waals surface area contributed by atoms with Crippen LogP contribution in [-0.2, 0) is 10.9 Å². The summed E-state index contributed by atoms with van der Waals surface area (Å²) in [5.41, 5.74) is -1.09. The molecule has 0 atom stereocenters. The van der Waals surface area contributed by atoms with Gasteiger partial charge in [0.15, 0.2) is 0 Å². The summed E-state index contributed by atoms with van der Waals surface area (Å²) in [6, 6.07) is 1.90. The zero-order chi connectivity index (χ0) is 12.5. The Bertz CT molecular complexity index is 429. The van der Waals surface area contributed by atoms with E-state index in [0.29, 0.717) is 0 Å². The predicted molar refractivity (Wildman–Crippen MR) is 58.2 cm³/mol. The van der Waals surface area contributed by atoms with Gasteiger partial charge in [0.25, 0.3) is 0 Å². The van der Waals surface area contributed by atoms with Crippen molar-refractivity contribution in [2.24, 2.45) is 0 Å². The Morgan fingerprint density at radius 1 is 1.25 bits per heavy atom. The summed E-state index contributed by atoms with van der Waals surface area (Å²) < 4.78 is 42.1. The third-order valence-electron chi connectivity index (χ3n) is 1.77. The van der Waals surface area contributed by atoms with Gasteiger partial charge in [0.1, 0.15) is 0 Å². The predicted octanol–water partition coefficient (Wildman–Crippen LogP) is 4.02. The van der Waals surface area contributed by atoms with Gasteiger partial charge >= 0.3 is 12.1 Å². The first-order valence-electron chi connectivity index (χ1n) is 3.92. The third-order valence-corrected chi connectivity index (χ3v) is 3.08. The molecule has 1 rings (SSSR count). The third kappa shape index (κ3) is 2.76. The van der Waals surface area contributed by atoms with Gasteiger partial charge in [0, 0.05) is 8.95 Å². The number of esters is 1. The first-order valence-corrected chi connectivity index (χ1v) is 5.50. The number of ether oxygens (including phenoxy) is 1. The van der Waals surface area contributed by atoms with Gasteiger partial charge in [-0.1, -0.05) is 15.9 Å². The van der Waals surface area contributed by atoms with Crippen molar-refractivity contribution in [3.8, 4) is 0 Å². The number of halogens is 5. The molecule has 0 saturated carbocycles. The van der Waals surface area contributed by atoms with E-state index in [1.54, 1.807) is 0 Å². The van der Waals surface area contributed by atoms with Gasteiger partial charge in [-0.05, 0) is 28.1 Å². The fraction of sp³-hybridized carbons (Fsp3) is 0.222. The maximum atomic E-state index is 12.5. The first kappa shape index (κ1) is 13.5. The minimum absolute atomic E-state index is 0.139. The molecule has 0 aromatic heterocycles. The molecule has 0 aliphatic rings. The molecule has 2 nitrogen and oxygen atoms in total. The highest BCUT2D eigenvalue weighted by atomic mass is 79.9. The van der Waals surface area contributed by atoms with E-state index < -0.39 is 17.7 Å². The summed E-state index contributed by atoms with van der Waals surface area (Å²) in [4.78, 5) is 11.2. The summed E-state index contributed by atoms with van der Waals surface area (Å²) in [5.74, 6) is -0.829. The van der Waals surface area contributed by atoms with Crippen molar-refractivity contribution in [3.63, 3.8) is 0 Å². The SMILES string of the molecule is COC(=O)c1cc(C(F)(F)F)c(Br)cc1Br. The van der Waals surface area contributed by atoms with Crippen molar-refractivity contribution in [2.75, 3.05) is 7.11 Å². The van der Waals surface area contributed by atoms with E-state index in [-0.39, 0.29) is 14.5 Å². The second-order valence-corrected chi connectivity index (χ2v) is 4.51. The second-order valence-electron chi connectivity index (χ2n) is 2.80. The van der Waals surface area contributed by atoms with E-state index in [0.717, 1.165) is 19.2 Å². The van der Waals surface area contributed by atoms with Crippen LogP contribution in [0.2, 0.25) is 0 Å².